The van der Waals surface area contributed by atoms with Gasteiger partial charge in [-0.15, -0.1) is 0 Å². The van der Waals surface area contributed by atoms with Crippen LogP contribution in [0.3, 0.4) is 0 Å². The number of nitrogens with one attached hydrogen (secondary N) is 1. The molecule has 19 rings (SSSR count). The number of nitrogens with zero attached hydrogens (tertiary/aromatic N) is 6. The van der Waals surface area contributed by atoms with E-state index in [9.17, 15) is 28.8 Å². The molecule has 0 bridgehead atoms. The van der Waals surface area contributed by atoms with Crippen LogP contribution in [0, 0.1) is 11.3 Å². The fraction of sp³-hybridized carbons (Fsp3) is 0.425. The highest BCUT2D eigenvalue weighted by molar-refractivity contribution is 6.30. The third-order valence-electron chi connectivity index (χ3n) is 29.1. The lowest BCUT2D eigenvalue weighted by Crippen LogP contribution is -2.49. The Morgan fingerprint density at radius 2 is 0.667 bits per heavy atom. The minimum Gasteiger partial charge on any atom is -0.497 e. The van der Waals surface area contributed by atoms with E-state index in [-0.39, 0.29) is 65.8 Å². The number of carbonyl (C=O) groups excluding carboxylic acids is 6. The minimum atomic E-state index is -0.0756. The summed E-state index contributed by atoms with van der Waals surface area (Å²) in [4.78, 5) is 92.1. The Bertz CT molecular complexity index is 5700. The standard InChI is InChI=1S/C25H29NO2.C24H26ClNO.C24H34N2O2.C24H27NO.C23H26N2O/c1-3-4-5-10-24(27)26-16-15-22-21-9-7-6-8-19(21)17-23(22)25(26)18-11-13-20(28-2)14-12-18;1-2-3-4-9-23(27)26-15-14-21-20-8-6-5-7-18(20)16-22(21)24(26)17-10-12-19(25)13-11-17;1-16(2)12-21-20-13-17-8-6-7-9-18(17)19(20)10-11-26(21)23(28)15-25-22(27)14-24(3,4)5;1-2-3-5-14-23(26)25-16-15-21-20-13-9-8-12-19(20)17-22(21)24(25)18-10-6-4-7-11-18;1-2-3-4-9-22(26)25-15-12-20-19-8-6-5-7-18(19)16-21(20)23(25)17-10-13-24-14-11-17/h6-9,11-14,25H,3-5,10,15-17H2,1-2H3;5-8,10-13,24H,2-4,9,14-16H2,1H3;6-9,16,21H,10-15H2,1-5H3,(H,25,27);4,6-13,24H,2-3,5,14-17H2,1H3;5-8,10-11,13-14,23H,2-4,9,12,15-16H2,1H3. The van der Waals surface area contributed by atoms with Crippen LogP contribution in [0.15, 0.2) is 253 Å². The summed E-state index contributed by atoms with van der Waals surface area (Å²) in [6, 6.07) is 74.9. The van der Waals surface area contributed by atoms with Crippen molar-refractivity contribution >= 4 is 74.9 Å². The molecule has 6 heterocycles. The highest BCUT2D eigenvalue weighted by Crippen LogP contribution is 2.53. The lowest BCUT2D eigenvalue weighted by atomic mass is 9.87. The van der Waals surface area contributed by atoms with Gasteiger partial charge in [0, 0.05) is 82.2 Å². The Morgan fingerprint density at radius 3 is 0.993 bits per heavy atom. The van der Waals surface area contributed by atoms with Gasteiger partial charge < -0.3 is 34.6 Å². The van der Waals surface area contributed by atoms with Crippen LogP contribution in [0.1, 0.15) is 312 Å². The van der Waals surface area contributed by atoms with Gasteiger partial charge in [0.15, 0.2) is 0 Å². The van der Waals surface area contributed by atoms with Gasteiger partial charge in [-0.2, -0.15) is 0 Å². The maximum absolute atomic E-state index is 13.1. The van der Waals surface area contributed by atoms with Crippen molar-refractivity contribution in [1.82, 2.24) is 34.8 Å². The fourth-order valence-corrected chi connectivity index (χ4v) is 22.7. The van der Waals surface area contributed by atoms with Crippen molar-refractivity contribution in [3.05, 3.63) is 335 Å². The third kappa shape index (κ3) is 23.3. The molecule has 5 aliphatic heterocycles. The molecule has 0 fully saturated rings. The van der Waals surface area contributed by atoms with Crippen LogP contribution in [0.4, 0.5) is 0 Å². The third-order valence-corrected chi connectivity index (χ3v) is 29.3. The van der Waals surface area contributed by atoms with Gasteiger partial charge in [0.25, 0.3) is 0 Å². The van der Waals surface area contributed by atoms with Crippen molar-refractivity contribution in [2.45, 2.75) is 272 Å². The second kappa shape index (κ2) is 46.4. The number of aromatic nitrogens is 1. The molecule has 0 spiro atoms. The first-order valence-corrected chi connectivity index (χ1v) is 51.1. The summed E-state index contributed by atoms with van der Waals surface area (Å²) >= 11 is 6.13. The maximum Gasteiger partial charge on any atom is 0.242 e. The molecule has 135 heavy (non-hydrogen) atoms. The van der Waals surface area contributed by atoms with E-state index in [1.165, 1.54) is 134 Å². The number of unbranched alkanes of at least 4 members (excludes halogenated alkanes) is 8. The van der Waals surface area contributed by atoms with Crippen LogP contribution in [-0.4, -0.2) is 117 Å². The van der Waals surface area contributed by atoms with Gasteiger partial charge in [-0.1, -0.05) is 301 Å². The molecule has 1 aromatic heterocycles. The zero-order chi connectivity index (χ0) is 94.7. The molecule has 8 aromatic carbocycles. The zero-order valence-corrected chi connectivity index (χ0v) is 82.5. The Labute approximate surface area is 809 Å². The molecule has 5 atom stereocenters. The van der Waals surface area contributed by atoms with E-state index in [0.29, 0.717) is 49.8 Å². The number of halogens is 1. The van der Waals surface area contributed by atoms with Gasteiger partial charge in [0.2, 0.25) is 35.4 Å². The zero-order valence-electron chi connectivity index (χ0n) is 81.8. The van der Waals surface area contributed by atoms with E-state index in [0.717, 1.165) is 191 Å². The number of ether oxygens (including phenoxy) is 1. The number of rotatable bonds is 26. The molecule has 0 saturated heterocycles. The van der Waals surface area contributed by atoms with Crippen LogP contribution in [-0.2, 0) is 60.9 Å². The highest BCUT2D eigenvalue weighted by Gasteiger charge is 2.44. The summed E-state index contributed by atoms with van der Waals surface area (Å²) in [6.07, 6.45) is 30.2. The lowest BCUT2D eigenvalue weighted by molar-refractivity contribution is -0.135. The average molecular weight is 1830 g/mol. The summed E-state index contributed by atoms with van der Waals surface area (Å²) in [7, 11) is 1.69. The largest absolute Gasteiger partial charge is 0.497 e. The van der Waals surface area contributed by atoms with Crippen molar-refractivity contribution in [2.75, 3.05) is 46.4 Å². The summed E-state index contributed by atoms with van der Waals surface area (Å²) < 4.78 is 5.34. The molecule has 0 radical (unpaired) electrons. The van der Waals surface area contributed by atoms with E-state index < -0.39 is 0 Å². The molecular formula is C120H142ClN7O7. The molecule has 5 aliphatic carbocycles. The maximum atomic E-state index is 13.1. The summed E-state index contributed by atoms with van der Waals surface area (Å²) in [5.74, 6) is 2.53. The highest BCUT2D eigenvalue weighted by atomic mass is 35.5. The number of hydrogen-bond donors (Lipinski definition) is 1. The average Bonchev–Trinajstić information content (AvgIpc) is 1.61. The Morgan fingerprint density at radius 1 is 0.370 bits per heavy atom. The van der Waals surface area contributed by atoms with E-state index in [1.54, 1.807) is 7.11 Å². The SMILES string of the molecule is CC(C)CC1C2=C(CCN1C(=O)CNC(=O)CC(C)(C)C)c1ccccc1C2.CCCCCC(=O)N1CCC2=C(Cc3ccccc32)C1c1ccc(Cl)cc1.CCCCCC(=O)N1CCC2=C(Cc3ccccc32)C1c1ccc(OC)cc1.CCCCCC(=O)N1CCC2=C(Cc3ccccc32)C1c1ccccc1.CCCCCC(=O)N1CCC2=C(Cc3ccccc32)C1c1ccncc1. The predicted octanol–water partition coefficient (Wildman–Crippen LogP) is 26.5. The Kier molecular flexibility index (Phi) is 33.7. The molecule has 706 valence electrons. The van der Waals surface area contributed by atoms with Gasteiger partial charge in [0.1, 0.15) is 5.75 Å². The first-order chi connectivity index (χ1) is 65.6. The molecule has 1 N–H and O–H groups in total. The van der Waals surface area contributed by atoms with E-state index in [1.807, 2.05) is 62.3 Å². The Balaban J connectivity index is 0.000000129. The molecule has 10 aliphatic rings. The van der Waals surface area contributed by atoms with E-state index in [2.05, 4.69) is 260 Å². The lowest BCUT2D eigenvalue weighted by Gasteiger charge is -2.38. The van der Waals surface area contributed by atoms with E-state index >= 15 is 0 Å². The molecule has 9 aromatic rings. The number of carbonyl (C=O) groups is 6. The first-order valence-electron chi connectivity index (χ1n) is 50.7. The minimum absolute atomic E-state index is 0.0348. The second-order valence-corrected chi connectivity index (χ2v) is 40.4. The van der Waals surface area contributed by atoms with Crippen LogP contribution >= 0.6 is 11.6 Å². The number of hydrogen-bond acceptors (Lipinski definition) is 8. The quantitative estimate of drug-likeness (QED) is 0.0526. The summed E-state index contributed by atoms with van der Waals surface area (Å²) in [5, 5.41) is 3.58. The van der Waals surface area contributed by atoms with Crippen molar-refractivity contribution < 1.29 is 33.5 Å². The topological polar surface area (TPSA) is 153 Å². The first kappa shape index (κ1) is 98.0. The van der Waals surface area contributed by atoms with Gasteiger partial charge in [0.05, 0.1) is 43.9 Å². The van der Waals surface area contributed by atoms with E-state index in [4.69, 9.17) is 16.3 Å². The van der Waals surface area contributed by atoms with Crippen LogP contribution in [0.2, 0.25) is 5.02 Å². The smallest absolute Gasteiger partial charge is 0.242 e. The van der Waals surface area contributed by atoms with Crippen LogP contribution in [0.5, 0.6) is 5.75 Å². The second-order valence-electron chi connectivity index (χ2n) is 40.0. The van der Waals surface area contributed by atoms with Crippen molar-refractivity contribution in [3.8, 4) is 5.75 Å². The summed E-state index contributed by atoms with van der Waals surface area (Å²) in [6.45, 7) is 23.3. The van der Waals surface area contributed by atoms with Crippen molar-refractivity contribution in [1.29, 1.82) is 0 Å². The van der Waals surface area contributed by atoms with Crippen molar-refractivity contribution in [2.24, 2.45) is 11.3 Å². The van der Waals surface area contributed by atoms with Crippen molar-refractivity contribution in [3.63, 3.8) is 0 Å². The monoisotopic (exact) mass is 1830 g/mol. The molecule has 5 unspecified atom stereocenters. The molecular weight excluding hydrogens is 1690 g/mol. The van der Waals surface area contributed by atoms with Crippen LogP contribution in [0.25, 0.3) is 27.9 Å². The van der Waals surface area contributed by atoms with Crippen LogP contribution < -0.4 is 10.1 Å². The molecule has 15 heteroatoms. The fourth-order valence-electron chi connectivity index (χ4n) is 22.6. The number of fused-ring (bicyclic) bond motifs is 10. The van der Waals surface area contributed by atoms with Gasteiger partial charge in [-0.25, -0.2) is 0 Å². The molecule has 6 amide bonds. The molecule has 14 nitrogen and oxygen atoms in total. The van der Waals surface area contributed by atoms with Gasteiger partial charge in [-0.05, 0) is 278 Å². The number of pyridine rings is 1. The van der Waals surface area contributed by atoms with Gasteiger partial charge >= 0.3 is 0 Å². The normalized spacial score (nSPS) is 18.5. The predicted molar refractivity (Wildman–Crippen MR) is 550 cm³/mol. The Hall–Kier alpha value is -11.5. The number of amides is 6. The summed E-state index contributed by atoms with van der Waals surface area (Å²) in [5.41, 5.74) is 33.0. The number of benzene rings is 8. The van der Waals surface area contributed by atoms with Gasteiger partial charge in [-0.3, -0.25) is 33.8 Å². The molecule has 0 saturated carbocycles. The number of methoxy groups -OCH3 is 1.